The Morgan fingerprint density at radius 1 is 1.30 bits per heavy atom. The highest BCUT2D eigenvalue weighted by Gasteiger charge is 2.41. The van der Waals surface area contributed by atoms with Gasteiger partial charge in [0.2, 0.25) is 0 Å². The second-order valence-corrected chi connectivity index (χ2v) is 6.53. The maximum Gasteiger partial charge on any atom is 0.0741 e. The van der Waals surface area contributed by atoms with E-state index < -0.39 is 0 Å². The highest BCUT2D eigenvalue weighted by atomic mass is 16.5. The molecule has 3 heterocycles. The van der Waals surface area contributed by atoms with Crippen molar-refractivity contribution in [1.29, 1.82) is 0 Å². The first-order valence-electron chi connectivity index (χ1n) is 7.89. The number of rotatable bonds is 1. The minimum absolute atomic E-state index is 0.0652. The third-order valence-corrected chi connectivity index (χ3v) is 5.25. The molecule has 0 aliphatic carbocycles. The van der Waals surface area contributed by atoms with E-state index in [0.29, 0.717) is 12.0 Å². The number of hydrogen-bond donors (Lipinski definition) is 1. The van der Waals surface area contributed by atoms with Crippen LogP contribution in [-0.4, -0.2) is 60.4 Å². The standard InChI is InChI=1S/C15H26N2O3/c1-12-11-17(6-2-14(12)16-18)13-3-7-20-15(10-13)4-8-19-9-5-15/h12-13,18H,2-11H2,1H3. The molecule has 1 N–H and O–H groups in total. The van der Waals surface area contributed by atoms with Crippen molar-refractivity contribution in [1.82, 2.24) is 4.90 Å². The molecule has 0 aromatic rings. The first kappa shape index (κ1) is 14.3. The molecule has 3 fully saturated rings. The van der Waals surface area contributed by atoms with E-state index >= 15 is 0 Å². The molecule has 5 heteroatoms. The summed E-state index contributed by atoms with van der Waals surface area (Å²) < 4.78 is 11.6. The first-order valence-corrected chi connectivity index (χ1v) is 7.89. The molecule has 0 saturated carbocycles. The molecule has 3 rings (SSSR count). The van der Waals surface area contributed by atoms with Gasteiger partial charge in [0.25, 0.3) is 0 Å². The van der Waals surface area contributed by atoms with Gasteiger partial charge in [-0.25, -0.2) is 0 Å². The third kappa shape index (κ3) is 2.85. The van der Waals surface area contributed by atoms with E-state index in [-0.39, 0.29) is 5.60 Å². The van der Waals surface area contributed by atoms with Gasteiger partial charge in [-0.2, -0.15) is 0 Å². The maximum atomic E-state index is 8.99. The fourth-order valence-electron chi connectivity index (χ4n) is 3.94. The summed E-state index contributed by atoms with van der Waals surface area (Å²) in [5.41, 5.74) is 1.02. The van der Waals surface area contributed by atoms with Crippen LogP contribution < -0.4 is 0 Å². The van der Waals surface area contributed by atoms with Gasteiger partial charge in [-0.15, -0.1) is 0 Å². The van der Waals surface area contributed by atoms with Gasteiger partial charge in [0, 0.05) is 51.3 Å². The molecule has 114 valence electrons. The Balaban J connectivity index is 1.62. The van der Waals surface area contributed by atoms with Crippen molar-refractivity contribution in [2.24, 2.45) is 11.1 Å². The van der Waals surface area contributed by atoms with Crippen molar-refractivity contribution in [2.75, 3.05) is 32.9 Å². The molecule has 0 radical (unpaired) electrons. The average molecular weight is 282 g/mol. The van der Waals surface area contributed by atoms with Crippen molar-refractivity contribution < 1.29 is 14.7 Å². The number of oxime groups is 1. The van der Waals surface area contributed by atoms with E-state index in [1.807, 2.05) is 0 Å². The van der Waals surface area contributed by atoms with Gasteiger partial charge in [0.1, 0.15) is 0 Å². The van der Waals surface area contributed by atoms with Gasteiger partial charge in [-0.05, 0) is 25.7 Å². The Morgan fingerprint density at radius 3 is 2.80 bits per heavy atom. The second-order valence-electron chi connectivity index (χ2n) is 6.53. The van der Waals surface area contributed by atoms with E-state index in [1.165, 1.54) is 0 Å². The highest BCUT2D eigenvalue weighted by molar-refractivity contribution is 5.87. The molecule has 0 aromatic carbocycles. The minimum atomic E-state index is 0.0652. The lowest BCUT2D eigenvalue weighted by molar-refractivity contribution is -0.152. The molecule has 20 heavy (non-hydrogen) atoms. The second kappa shape index (κ2) is 6.00. The number of nitrogens with zero attached hydrogens (tertiary/aromatic N) is 2. The van der Waals surface area contributed by atoms with Gasteiger partial charge in [0.15, 0.2) is 0 Å². The number of likely N-dealkylation sites (tertiary alicyclic amines) is 1. The van der Waals surface area contributed by atoms with Crippen molar-refractivity contribution in [2.45, 2.75) is 50.7 Å². The van der Waals surface area contributed by atoms with Crippen LogP contribution in [0.25, 0.3) is 0 Å². The Labute approximate surface area is 120 Å². The van der Waals surface area contributed by atoms with Crippen molar-refractivity contribution >= 4 is 5.71 Å². The largest absolute Gasteiger partial charge is 0.411 e. The highest BCUT2D eigenvalue weighted by Crippen LogP contribution is 2.36. The lowest BCUT2D eigenvalue weighted by Gasteiger charge is -2.47. The summed E-state index contributed by atoms with van der Waals surface area (Å²) in [6.45, 7) is 6.73. The molecule has 3 aliphatic heterocycles. The summed E-state index contributed by atoms with van der Waals surface area (Å²) in [6, 6.07) is 0.615. The van der Waals surface area contributed by atoms with Gasteiger partial charge < -0.3 is 14.7 Å². The van der Waals surface area contributed by atoms with Gasteiger partial charge in [-0.3, -0.25) is 4.90 Å². The number of hydrogen-bond acceptors (Lipinski definition) is 5. The summed E-state index contributed by atoms with van der Waals surface area (Å²) in [4.78, 5) is 2.58. The van der Waals surface area contributed by atoms with Crippen LogP contribution in [0.3, 0.4) is 0 Å². The molecule has 0 amide bonds. The van der Waals surface area contributed by atoms with Crippen LogP contribution >= 0.6 is 0 Å². The fourth-order valence-corrected chi connectivity index (χ4v) is 3.94. The quantitative estimate of drug-likeness (QED) is 0.589. The summed E-state index contributed by atoms with van der Waals surface area (Å²) in [5.74, 6) is 0.363. The van der Waals surface area contributed by atoms with Crippen LogP contribution in [-0.2, 0) is 9.47 Å². The zero-order chi connectivity index (χ0) is 14.0. The van der Waals surface area contributed by atoms with E-state index in [9.17, 15) is 0 Å². The van der Waals surface area contributed by atoms with E-state index in [4.69, 9.17) is 14.7 Å². The molecule has 2 unspecified atom stereocenters. The number of ether oxygens (including phenoxy) is 2. The third-order valence-electron chi connectivity index (χ3n) is 5.25. The van der Waals surface area contributed by atoms with Crippen molar-refractivity contribution in [3.63, 3.8) is 0 Å². The molecule has 3 aliphatic rings. The first-order chi connectivity index (χ1) is 9.72. The minimum Gasteiger partial charge on any atom is -0.411 e. The van der Waals surface area contributed by atoms with Crippen LogP contribution in [0, 0.1) is 5.92 Å². The average Bonchev–Trinajstić information content (AvgIpc) is 2.48. The van der Waals surface area contributed by atoms with Crippen LogP contribution in [0.1, 0.15) is 39.0 Å². The summed E-state index contributed by atoms with van der Waals surface area (Å²) in [6.07, 6.45) is 5.23. The van der Waals surface area contributed by atoms with Gasteiger partial charge >= 0.3 is 0 Å². The molecule has 5 nitrogen and oxygen atoms in total. The SMILES string of the molecule is CC1CN(C2CCOC3(CCOCC3)C2)CCC1=NO. The molecule has 3 saturated heterocycles. The molecule has 2 atom stereocenters. The maximum absolute atomic E-state index is 8.99. The van der Waals surface area contributed by atoms with Gasteiger partial charge in [0.05, 0.1) is 11.3 Å². The predicted octanol–water partition coefficient (Wildman–Crippen LogP) is 1.89. The van der Waals surface area contributed by atoms with Crippen LogP contribution in [0.4, 0.5) is 0 Å². The summed E-state index contributed by atoms with van der Waals surface area (Å²) >= 11 is 0. The lowest BCUT2D eigenvalue weighted by Crippen LogP contribution is -2.54. The van der Waals surface area contributed by atoms with E-state index in [1.54, 1.807) is 0 Å². The zero-order valence-electron chi connectivity index (χ0n) is 12.4. The van der Waals surface area contributed by atoms with E-state index in [2.05, 4.69) is 17.0 Å². The molecular weight excluding hydrogens is 256 g/mol. The molecule has 1 spiro atoms. The van der Waals surface area contributed by atoms with Crippen LogP contribution in [0.2, 0.25) is 0 Å². The summed E-state index contributed by atoms with van der Waals surface area (Å²) in [5, 5.41) is 12.4. The lowest BCUT2D eigenvalue weighted by atomic mass is 9.82. The topological polar surface area (TPSA) is 54.3 Å². The molecule has 0 bridgehead atoms. The van der Waals surface area contributed by atoms with Crippen molar-refractivity contribution in [3.8, 4) is 0 Å². The molecular formula is C15H26N2O3. The zero-order valence-corrected chi connectivity index (χ0v) is 12.4. The summed E-state index contributed by atoms with van der Waals surface area (Å²) in [7, 11) is 0. The monoisotopic (exact) mass is 282 g/mol. The Bertz CT molecular complexity index is 361. The smallest absolute Gasteiger partial charge is 0.0741 e. The Kier molecular flexibility index (Phi) is 4.29. The van der Waals surface area contributed by atoms with E-state index in [0.717, 1.165) is 70.7 Å². The normalized spacial score (nSPS) is 37.4. The van der Waals surface area contributed by atoms with Gasteiger partial charge in [-0.1, -0.05) is 12.1 Å². The van der Waals surface area contributed by atoms with Crippen LogP contribution in [0.5, 0.6) is 0 Å². The fraction of sp³-hybridized carbons (Fsp3) is 0.933. The number of piperidine rings is 1. The van der Waals surface area contributed by atoms with Crippen LogP contribution in [0.15, 0.2) is 5.16 Å². The predicted molar refractivity (Wildman–Crippen MR) is 76.3 cm³/mol. The Morgan fingerprint density at radius 2 is 2.10 bits per heavy atom. The Hall–Kier alpha value is -0.650. The molecule has 0 aromatic heterocycles. The van der Waals surface area contributed by atoms with Crippen molar-refractivity contribution in [3.05, 3.63) is 0 Å².